The predicted molar refractivity (Wildman–Crippen MR) is 109 cm³/mol. The van der Waals surface area contributed by atoms with Gasteiger partial charge in [-0.2, -0.15) is 0 Å². The first-order valence-electron chi connectivity index (χ1n) is 9.36. The van der Waals surface area contributed by atoms with Crippen LogP contribution in [0.4, 0.5) is 0 Å². The van der Waals surface area contributed by atoms with Gasteiger partial charge in [-0.15, -0.1) is 0 Å². The minimum atomic E-state index is -0.429. The number of aliphatic hydroxyl groups excluding tert-OH is 1. The number of aromatic nitrogens is 1. The van der Waals surface area contributed by atoms with Gasteiger partial charge in [0, 0.05) is 31.0 Å². The lowest BCUT2D eigenvalue weighted by Crippen LogP contribution is -2.28. The number of nitrogens with one attached hydrogen (secondary N) is 1. The van der Waals surface area contributed by atoms with Crippen molar-refractivity contribution in [2.45, 2.75) is 25.7 Å². The summed E-state index contributed by atoms with van der Waals surface area (Å²) in [7, 11) is 1.63. The molecule has 2 N–H and O–H groups in total. The maximum absolute atomic E-state index is 10.2. The van der Waals surface area contributed by atoms with E-state index in [2.05, 4.69) is 10.3 Å². The summed E-state index contributed by atoms with van der Waals surface area (Å²) in [6.07, 6.45) is 3.73. The van der Waals surface area contributed by atoms with E-state index in [1.807, 2.05) is 60.7 Å². The molecule has 2 aromatic carbocycles. The van der Waals surface area contributed by atoms with E-state index in [0.29, 0.717) is 37.6 Å². The lowest BCUT2D eigenvalue weighted by molar-refractivity contribution is 0.171. The third-order valence-electron chi connectivity index (χ3n) is 4.37. The zero-order valence-corrected chi connectivity index (χ0v) is 16.0. The van der Waals surface area contributed by atoms with Crippen molar-refractivity contribution in [3.05, 3.63) is 89.7 Å². The van der Waals surface area contributed by atoms with Gasteiger partial charge in [0.2, 0.25) is 0 Å². The summed E-state index contributed by atoms with van der Waals surface area (Å²) in [5, 5.41) is 13.5. The number of hydrogen-bond acceptors (Lipinski definition) is 5. The molecule has 1 aromatic heterocycles. The number of nitrogens with zero attached hydrogens (tertiary/aromatic N) is 1. The molecular formula is C23H26N2O3. The van der Waals surface area contributed by atoms with Crippen molar-refractivity contribution in [2.24, 2.45) is 0 Å². The Kier molecular flexibility index (Phi) is 7.41. The maximum atomic E-state index is 10.2. The van der Waals surface area contributed by atoms with Crippen molar-refractivity contribution in [2.75, 3.05) is 13.7 Å². The average molecular weight is 378 g/mol. The summed E-state index contributed by atoms with van der Waals surface area (Å²) in [5.41, 5.74) is 3.19. The first kappa shape index (κ1) is 19.9. The van der Waals surface area contributed by atoms with Crippen LogP contribution in [0.3, 0.4) is 0 Å². The van der Waals surface area contributed by atoms with Crippen molar-refractivity contribution in [3.8, 4) is 11.5 Å². The van der Waals surface area contributed by atoms with E-state index in [1.165, 1.54) is 0 Å². The van der Waals surface area contributed by atoms with Gasteiger partial charge >= 0.3 is 0 Å². The zero-order chi connectivity index (χ0) is 19.6. The van der Waals surface area contributed by atoms with E-state index < -0.39 is 6.10 Å². The molecule has 0 aliphatic rings. The summed E-state index contributed by atoms with van der Waals surface area (Å²) in [4.78, 5) is 4.10. The smallest absolute Gasteiger partial charge is 0.161 e. The highest BCUT2D eigenvalue weighted by Crippen LogP contribution is 2.28. The molecule has 0 saturated heterocycles. The van der Waals surface area contributed by atoms with Gasteiger partial charge in [-0.3, -0.25) is 4.98 Å². The summed E-state index contributed by atoms with van der Waals surface area (Å²) in [6, 6.07) is 19.7. The lowest BCUT2D eigenvalue weighted by Gasteiger charge is -2.14. The van der Waals surface area contributed by atoms with Crippen LogP contribution in [0.1, 0.15) is 16.7 Å². The highest BCUT2D eigenvalue weighted by Gasteiger charge is 2.08. The van der Waals surface area contributed by atoms with E-state index in [4.69, 9.17) is 9.47 Å². The van der Waals surface area contributed by atoms with E-state index in [-0.39, 0.29) is 0 Å². The van der Waals surface area contributed by atoms with Crippen LogP contribution in [0.25, 0.3) is 0 Å². The Balaban J connectivity index is 1.52. The number of rotatable bonds is 10. The Morgan fingerprint density at radius 1 is 0.964 bits per heavy atom. The largest absolute Gasteiger partial charge is 0.493 e. The van der Waals surface area contributed by atoms with Crippen LogP contribution in [0.15, 0.2) is 73.1 Å². The number of hydrogen-bond donors (Lipinski definition) is 2. The SMILES string of the molecule is COc1ccc(CNCC(O)Cc2ccccc2)cc1OCc1cccnc1. The van der Waals surface area contributed by atoms with Crippen LogP contribution in [0.2, 0.25) is 0 Å². The van der Waals surface area contributed by atoms with Gasteiger partial charge in [-0.25, -0.2) is 0 Å². The zero-order valence-electron chi connectivity index (χ0n) is 16.0. The van der Waals surface area contributed by atoms with Crippen molar-refractivity contribution in [1.82, 2.24) is 10.3 Å². The molecule has 0 aliphatic carbocycles. The van der Waals surface area contributed by atoms with Crippen LogP contribution >= 0.6 is 0 Å². The third kappa shape index (κ3) is 6.08. The van der Waals surface area contributed by atoms with Gasteiger partial charge in [-0.1, -0.05) is 42.5 Å². The van der Waals surface area contributed by atoms with Gasteiger partial charge in [-0.05, 0) is 35.7 Å². The molecule has 5 nitrogen and oxygen atoms in total. The first-order chi connectivity index (χ1) is 13.7. The van der Waals surface area contributed by atoms with Crippen molar-refractivity contribution in [1.29, 1.82) is 0 Å². The van der Waals surface area contributed by atoms with Crippen LogP contribution in [0, 0.1) is 0 Å². The van der Waals surface area contributed by atoms with Gasteiger partial charge in [0.05, 0.1) is 13.2 Å². The molecule has 0 spiro atoms. The van der Waals surface area contributed by atoms with Crippen LogP contribution < -0.4 is 14.8 Å². The first-order valence-corrected chi connectivity index (χ1v) is 9.36. The summed E-state index contributed by atoms with van der Waals surface area (Å²) in [5.74, 6) is 1.38. The minimum Gasteiger partial charge on any atom is -0.493 e. The summed E-state index contributed by atoms with van der Waals surface area (Å²) >= 11 is 0. The molecule has 0 aliphatic heterocycles. The predicted octanol–water partition coefficient (Wildman–Crippen LogP) is 3.36. The molecule has 0 radical (unpaired) electrons. The maximum Gasteiger partial charge on any atom is 0.161 e. The highest BCUT2D eigenvalue weighted by atomic mass is 16.5. The molecule has 5 heteroatoms. The van der Waals surface area contributed by atoms with E-state index >= 15 is 0 Å². The molecule has 0 fully saturated rings. The Morgan fingerprint density at radius 2 is 1.79 bits per heavy atom. The molecule has 28 heavy (non-hydrogen) atoms. The van der Waals surface area contributed by atoms with Gasteiger partial charge < -0.3 is 19.9 Å². The van der Waals surface area contributed by atoms with Crippen molar-refractivity contribution in [3.63, 3.8) is 0 Å². The standard InChI is InChI=1S/C23H26N2O3/c1-27-22-10-9-19(13-23(22)28-17-20-8-5-11-24-15-20)14-25-16-21(26)12-18-6-3-2-4-7-18/h2-11,13,15,21,25-26H,12,14,16-17H2,1H3. The average Bonchev–Trinajstić information content (AvgIpc) is 2.74. The third-order valence-corrected chi connectivity index (χ3v) is 4.37. The molecule has 1 unspecified atom stereocenters. The van der Waals surface area contributed by atoms with Crippen molar-refractivity contribution >= 4 is 0 Å². The molecule has 3 rings (SSSR count). The highest BCUT2D eigenvalue weighted by molar-refractivity contribution is 5.43. The number of methoxy groups -OCH3 is 1. The number of ether oxygens (including phenoxy) is 2. The fraction of sp³-hybridized carbons (Fsp3) is 0.261. The van der Waals surface area contributed by atoms with Crippen LogP contribution in [-0.2, 0) is 19.6 Å². The van der Waals surface area contributed by atoms with Gasteiger partial charge in [0.25, 0.3) is 0 Å². The van der Waals surface area contributed by atoms with Gasteiger partial charge in [0.1, 0.15) is 6.61 Å². The number of benzene rings is 2. The molecule has 1 heterocycles. The number of pyridine rings is 1. The van der Waals surface area contributed by atoms with Crippen LogP contribution in [-0.4, -0.2) is 29.8 Å². The molecule has 1 atom stereocenters. The molecule has 3 aromatic rings. The normalized spacial score (nSPS) is 11.8. The summed E-state index contributed by atoms with van der Waals surface area (Å²) < 4.78 is 11.3. The molecular weight excluding hydrogens is 352 g/mol. The molecule has 146 valence electrons. The second-order valence-corrected chi connectivity index (χ2v) is 6.61. The lowest BCUT2D eigenvalue weighted by atomic mass is 10.1. The Labute approximate surface area is 166 Å². The van der Waals surface area contributed by atoms with Crippen molar-refractivity contribution < 1.29 is 14.6 Å². The quantitative estimate of drug-likeness (QED) is 0.566. The van der Waals surface area contributed by atoms with Gasteiger partial charge in [0.15, 0.2) is 11.5 Å². The van der Waals surface area contributed by atoms with E-state index in [9.17, 15) is 5.11 Å². The monoisotopic (exact) mass is 378 g/mol. The Morgan fingerprint density at radius 3 is 2.54 bits per heavy atom. The fourth-order valence-corrected chi connectivity index (χ4v) is 2.93. The Hall–Kier alpha value is -2.89. The second-order valence-electron chi connectivity index (χ2n) is 6.61. The van der Waals surface area contributed by atoms with Crippen LogP contribution in [0.5, 0.6) is 11.5 Å². The second kappa shape index (κ2) is 10.4. The summed E-state index contributed by atoms with van der Waals surface area (Å²) in [6.45, 7) is 1.59. The minimum absolute atomic E-state index is 0.427. The Bertz CT molecular complexity index is 841. The molecule has 0 saturated carbocycles. The fourth-order valence-electron chi connectivity index (χ4n) is 2.93. The van der Waals surface area contributed by atoms with E-state index in [0.717, 1.165) is 16.7 Å². The van der Waals surface area contributed by atoms with E-state index in [1.54, 1.807) is 19.5 Å². The molecule has 0 amide bonds. The topological polar surface area (TPSA) is 63.6 Å². The number of aliphatic hydroxyl groups is 1. The molecule has 0 bridgehead atoms.